The Bertz CT molecular complexity index is 579. The maximum Gasteiger partial charge on any atom is 0.140 e. The van der Waals surface area contributed by atoms with Crippen LogP contribution in [-0.2, 0) is 19.9 Å². The van der Waals surface area contributed by atoms with E-state index in [2.05, 4.69) is 17.0 Å². The molecule has 0 aliphatic heterocycles. The van der Waals surface area contributed by atoms with Crippen molar-refractivity contribution in [3.63, 3.8) is 0 Å². The standard InChI is InChI=1S/C16H24N4O/c1-4-13(17)11-15-16(6-5-12(2)19-15)21-10-8-14-7-9-18-20(14)3/h5-7,9,13H,4,8,10-11,17H2,1-3H3. The van der Waals surface area contributed by atoms with Crippen LogP contribution in [0, 0.1) is 6.92 Å². The topological polar surface area (TPSA) is 66.0 Å². The van der Waals surface area contributed by atoms with Crippen LogP contribution in [0.1, 0.15) is 30.4 Å². The van der Waals surface area contributed by atoms with E-state index in [1.807, 2.05) is 36.9 Å². The number of hydrogen-bond donors (Lipinski definition) is 1. The average molecular weight is 288 g/mol. The fourth-order valence-electron chi connectivity index (χ4n) is 2.18. The zero-order valence-electron chi connectivity index (χ0n) is 13.0. The molecule has 2 heterocycles. The summed E-state index contributed by atoms with van der Waals surface area (Å²) in [7, 11) is 1.94. The molecule has 0 bridgehead atoms. The van der Waals surface area contributed by atoms with Crippen molar-refractivity contribution in [3.8, 4) is 5.75 Å². The summed E-state index contributed by atoms with van der Waals surface area (Å²) in [6, 6.07) is 6.09. The normalized spacial score (nSPS) is 12.4. The molecular formula is C16H24N4O. The van der Waals surface area contributed by atoms with E-state index in [9.17, 15) is 0 Å². The third kappa shape index (κ3) is 4.29. The van der Waals surface area contributed by atoms with Gasteiger partial charge in [-0.05, 0) is 31.5 Å². The fourth-order valence-corrected chi connectivity index (χ4v) is 2.18. The lowest BCUT2D eigenvalue weighted by atomic mass is 10.1. The van der Waals surface area contributed by atoms with Crippen molar-refractivity contribution in [1.82, 2.24) is 14.8 Å². The SMILES string of the molecule is CCC(N)Cc1nc(C)ccc1OCCc1ccnn1C. The molecule has 0 fully saturated rings. The number of nitrogens with two attached hydrogens (primary N) is 1. The predicted octanol–water partition coefficient (Wildman–Crippen LogP) is 2.02. The van der Waals surface area contributed by atoms with Crippen LogP contribution >= 0.6 is 0 Å². The van der Waals surface area contributed by atoms with Crippen molar-refractivity contribution in [2.45, 2.75) is 39.2 Å². The third-order valence-corrected chi connectivity index (χ3v) is 3.59. The largest absolute Gasteiger partial charge is 0.491 e. The molecule has 2 aromatic rings. The Balaban J connectivity index is 2.00. The molecule has 0 spiro atoms. The molecule has 0 radical (unpaired) electrons. The van der Waals surface area contributed by atoms with Crippen molar-refractivity contribution in [3.05, 3.63) is 41.5 Å². The van der Waals surface area contributed by atoms with E-state index in [0.29, 0.717) is 6.61 Å². The van der Waals surface area contributed by atoms with Crippen LogP contribution in [0.4, 0.5) is 0 Å². The van der Waals surface area contributed by atoms with Gasteiger partial charge in [0.2, 0.25) is 0 Å². The van der Waals surface area contributed by atoms with E-state index >= 15 is 0 Å². The maximum absolute atomic E-state index is 6.04. The Labute approximate surface area is 126 Å². The number of ether oxygens (including phenoxy) is 1. The van der Waals surface area contributed by atoms with Crippen LogP contribution in [0.3, 0.4) is 0 Å². The minimum absolute atomic E-state index is 0.124. The van der Waals surface area contributed by atoms with E-state index in [1.165, 1.54) is 0 Å². The van der Waals surface area contributed by atoms with Gasteiger partial charge in [0.05, 0.1) is 12.3 Å². The summed E-state index contributed by atoms with van der Waals surface area (Å²) in [6.07, 6.45) is 4.31. The lowest BCUT2D eigenvalue weighted by Crippen LogP contribution is -2.22. The second-order valence-electron chi connectivity index (χ2n) is 5.31. The van der Waals surface area contributed by atoms with E-state index in [1.54, 1.807) is 6.20 Å². The first-order valence-electron chi connectivity index (χ1n) is 7.42. The second kappa shape index (κ2) is 7.22. The monoisotopic (exact) mass is 288 g/mol. The molecule has 21 heavy (non-hydrogen) atoms. The van der Waals surface area contributed by atoms with Crippen molar-refractivity contribution in [2.24, 2.45) is 12.8 Å². The van der Waals surface area contributed by atoms with Gasteiger partial charge in [0.15, 0.2) is 0 Å². The molecule has 1 unspecified atom stereocenters. The van der Waals surface area contributed by atoms with Gasteiger partial charge in [-0.1, -0.05) is 6.92 Å². The van der Waals surface area contributed by atoms with Gasteiger partial charge in [0.1, 0.15) is 5.75 Å². The molecule has 0 aromatic carbocycles. The van der Waals surface area contributed by atoms with Crippen LogP contribution in [0.2, 0.25) is 0 Å². The number of pyridine rings is 1. The molecule has 0 saturated heterocycles. The molecule has 2 N–H and O–H groups in total. The molecule has 0 aliphatic rings. The lowest BCUT2D eigenvalue weighted by Gasteiger charge is -2.14. The molecule has 2 rings (SSSR count). The Kier molecular flexibility index (Phi) is 5.33. The Morgan fingerprint density at radius 1 is 1.33 bits per heavy atom. The van der Waals surface area contributed by atoms with Crippen LogP contribution in [-0.4, -0.2) is 27.4 Å². The Morgan fingerprint density at radius 3 is 2.81 bits per heavy atom. The van der Waals surface area contributed by atoms with E-state index < -0.39 is 0 Å². The predicted molar refractivity (Wildman–Crippen MR) is 83.4 cm³/mol. The minimum atomic E-state index is 0.124. The summed E-state index contributed by atoms with van der Waals surface area (Å²) in [5.74, 6) is 0.840. The van der Waals surface area contributed by atoms with Gasteiger partial charge in [-0.25, -0.2) is 0 Å². The Morgan fingerprint density at radius 2 is 2.14 bits per heavy atom. The highest BCUT2D eigenvalue weighted by molar-refractivity contribution is 5.30. The summed E-state index contributed by atoms with van der Waals surface area (Å²) in [6.45, 7) is 4.68. The van der Waals surface area contributed by atoms with Gasteiger partial charge in [-0.2, -0.15) is 5.10 Å². The van der Waals surface area contributed by atoms with Crippen LogP contribution < -0.4 is 10.5 Å². The quantitative estimate of drug-likeness (QED) is 0.846. The minimum Gasteiger partial charge on any atom is -0.491 e. The zero-order valence-corrected chi connectivity index (χ0v) is 13.0. The van der Waals surface area contributed by atoms with E-state index in [4.69, 9.17) is 10.5 Å². The second-order valence-corrected chi connectivity index (χ2v) is 5.31. The fraction of sp³-hybridized carbons (Fsp3) is 0.500. The summed E-state index contributed by atoms with van der Waals surface area (Å²) < 4.78 is 7.77. The summed E-state index contributed by atoms with van der Waals surface area (Å²) in [5, 5.41) is 4.15. The van der Waals surface area contributed by atoms with Gasteiger partial charge in [-0.3, -0.25) is 9.67 Å². The number of aromatic nitrogens is 3. The van der Waals surface area contributed by atoms with E-state index in [0.717, 1.165) is 42.1 Å². The third-order valence-electron chi connectivity index (χ3n) is 3.59. The Hall–Kier alpha value is -1.88. The van der Waals surface area contributed by atoms with Crippen LogP contribution in [0.25, 0.3) is 0 Å². The van der Waals surface area contributed by atoms with Crippen molar-refractivity contribution >= 4 is 0 Å². The first-order valence-corrected chi connectivity index (χ1v) is 7.42. The molecular weight excluding hydrogens is 264 g/mol. The highest BCUT2D eigenvalue weighted by atomic mass is 16.5. The van der Waals surface area contributed by atoms with Gasteiger partial charge in [0.25, 0.3) is 0 Å². The molecule has 2 aromatic heterocycles. The summed E-state index contributed by atoms with van der Waals surface area (Å²) in [5.41, 5.74) is 9.14. The van der Waals surface area contributed by atoms with Gasteiger partial charge < -0.3 is 10.5 Å². The number of hydrogen-bond acceptors (Lipinski definition) is 4. The highest BCUT2D eigenvalue weighted by Crippen LogP contribution is 2.19. The van der Waals surface area contributed by atoms with Gasteiger partial charge in [-0.15, -0.1) is 0 Å². The molecule has 0 amide bonds. The maximum atomic E-state index is 6.04. The number of aryl methyl sites for hydroxylation is 2. The molecule has 1 atom stereocenters. The van der Waals surface area contributed by atoms with Crippen molar-refractivity contribution in [1.29, 1.82) is 0 Å². The summed E-state index contributed by atoms with van der Waals surface area (Å²) >= 11 is 0. The number of rotatable bonds is 7. The molecule has 114 valence electrons. The summed E-state index contributed by atoms with van der Waals surface area (Å²) in [4.78, 5) is 4.57. The molecule has 0 aliphatic carbocycles. The van der Waals surface area contributed by atoms with Crippen LogP contribution in [0.5, 0.6) is 5.75 Å². The molecule has 0 saturated carbocycles. The average Bonchev–Trinajstić information content (AvgIpc) is 2.86. The molecule has 5 heteroatoms. The van der Waals surface area contributed by atoms with Gasteiger partial charge >= 0.3 is 0 Å². The first kappa shape index (κ1) is 15.5. The molecule has 5 nitrogen and oxygen atoms in total. The van der Waals surface area contributed by atoms with Gasteiger partial charge in [0, 0.05) is 43.5 Å². The van der Waals surface area contributed by atoms with E-state index in [-0.39, 0.29) is 6.04 Å². The van der Waals surface area contributed by atoms with Crippen LogP contribution in [0.15, 0.2) is 24.4 Å². The van der Waals surface area contributed by atoms with Crippen molar-refractivity contribution in [2.75, 3.05) is 6.61 Å². The first-order chi connectivity index (χ1) is 10.1. The number of nitrogens with zero attached hydrogens (tertiary/aromatic N) is 3. The van der Waals surface area contributed by atoms with Crippen molar-refractivity contribution < 1.29 is 4.74 Å². The lowest BCUT2D eigenvalue weighted by molar-refractivity contribution is 0.312. The zero-order chi connectivity index (χ0) is 15.2. The highest BCUT2D eigenvalue weighted by Gasteiger charge is 2.10. The smallest absolute Gasteiger partial charge is 0.140 e.